The Morgan fingerprint density at radius 1 is 0.523 bits per heavy atom. The molecule has 208 valence electrons. The van der Waals surface area contributed by atoms with Crippen molar-refractivity contribution in [3.8, 4) is 11.1 Å². The van der Waals surface area contributed by atoms with Crippen LogP contribution >= 0.6 is 0 Å². The van der Waals surface area contributed by atoms with Crippen LogP contribution in [-0.4, -0.2) is 6.54 Å². The molecule has 7 aromatic carbocycles. The summed E-state index contributed by atoms with van der Waals surface area (Å²) in [5.41, 5.74) is 7.59. The van der Waals surface area contributed by atoms with Gasteiger partial charge >= 0.3 is 0 Å². The summed E-state index contributed by atoms with van der Waals surface area (Å²) in [7, 11) is 0. The lowest BCUT2D eigenvalue weighted by Gasteiger charge is -2.28. The molecule has 0 bridgehead atoms. The predicted octanol–water partition coefficient (Wildman–Crippen LogP) is 11.5. The summed E-state index contributed by atoms with van der Waals surface area (Å²) in [6.45, 7) is 0.806. The Kier molecular flexibility index (Phi) is 5.57. The normalized spacial score (nSPS) is 12.5. The SMILES string of the molecule is C1=Cc2oc3cc(N(c4ccc(-c5ccccc5)cc4)c4cc5c6ccccc6ccc5c5ccccc45)ccc3c2NC1. The van der Waals surface area contributed by atoms with Gasteiger partial charge in [0, 0.05) is 34.8 Å². The molecule has 0 saturated carbocycles. The summed E-state index contributed by atoms with van der Waals surface area (Å²) in [5.74, 6) is 0.879. The number of hydrogen-bond donors (Lipinski definition) is 1. The highest BCUT2D eigenvalue weighted by molar-refractivity contribution is 6.21. The number of benzene rings is 7. The first-order valence-electron chi connectivity index (χ1n) is 15.1. The summed E-state index contributed by atoms with van der Waals surface area (Å²) >= 11 is 0. The van der Waals surface area contributed by atoms with Gasteiger partial charge < -0.3 is 14.6 Å². The molecule has 0 radical (unpaired) electrons. The van der Waals surface area contributed by atoms with E-state index in [1.165, 1.54) is 43.4 Å². The van der Waals surface area contributed by atoms with E-state index in [9.17, 15) is 0 Å². The molecule has 1 N–H and O–H groups in total. The highest BCUT2D eigenvalue weighted by Crippen LogP contribution is 2.45. The van der Waals surface area contributed by atoms with Gasteiger partial charge in [-0.1, -0.05) is 109 Å². The Balaban J connectivity index is 1.32. The van der Waals surface area contributed by atoms with E-state index in [4.69, 9.17) is 4.42 Å². The molecule has 0 spiro atoms. The van der Waals surface area contributed by atoms with Crippen LogP contribution in [0.5, 0.6) is 0 Å². The van der Waals surface area contributed by atoms with Gasteiger partial charge in [-0.15, -0.1) is 0 Å². The lowest BCUT2D eigenvalue weighted by molar-refractivity contribution is 0.604. The summed E-state index contributed by atoms with van der Waals surface area (Å²) in [6, 6.07) is 50.3. The topological polar surface area (TPSA) is 28.4 Å². The highest BCUT2D eigenvalue weighted by Gasteiger charge is 2.21. The average molecular weight is 565 g/mol. The van der Waals surface area contributed by atoms with Crippen LogP contribution in [0.1, 0.15) is 5.76 Å². The van der Waals surface area contributed by atoms with Crippen molar-refractivity contribution in [1.82, 2.24) is 0 Å². The number of fused-ring (bicyclic) bond motifs is 8. The number of anilines is 4. The van der Waals surface area contributed by atoms with Crippen molar-refractivity contribution in [1.29, 1.82) is 0 Å². The minimum absolute atomic E-state index is 0.806. The van der Waals surface area contributed by atoms with Crippen molar-refractivity contribution in [2.24, 2.45) is 0 Å². The van der Waals surface area contributed by atoms with E-state index in [1.54, 1.807) is 0 Å². The maximum absolute atomic E-state index is 6.37. The quantitative estimate of drug-likeness (QED) is 0.216. The molecule has 9 rings (SSSR count). The summed E-state index contributed by atoms with van der Waals surface area (Å²) in [5, 5.41) is 12.0. The molecule has 1 aliphatic heterocycles. The zero-order chi connectivity index (χ0) is 29.0. The molecule has 0 amide bonds. The van der Waals surface area contributed by atoms with Crippen LogP contribution in [0, 0.1) is 0 Å². The Morgan fingerprint density at radius 2 is 1.20 bits per heavy atom. The van der Waals surface area contributed by atoms with Gasteiger partial charge in [-0.25, -0.2) is 0 Å². The summed E-state index contributed by atoms with van der Waals surface area (Å²) in [4.78, 5) is 2.38. The van der Waals surface area contributed by atoms with E-state index >= 15 is 0 Å². The van der Waals surface area contributed by atoms with Crippen LogP contribution < -0.4 is 10.2 Å². The molecule has 2 heterocycles. The summed E-state index contributed by atoms with van der Waals surface area (Å²) < 4.78 is 6.37. The number of hydrogen-bond acceptors (Lipinski definition) is 3. The van der Waals surface area contributed by atoms with Crippen molar-refractivity contribution in [2.45, 2.75) is 0 Å². The van der Waals surface area contributed by atoms with Gasteiger partial charge in [-0.05, 0) is 74.5 Å². The minimum atomic E-state index is 0.806. The molecule has 1 aliphatic rings. The van der Waals surface area contributed by atoms with E-state index in [0.29, 0.717) is 0 Å². The van der Waals surface area contributed by atoms with Gasteiger partial charge in [0.2, 0.25) is 0 Å². The fourth-order valence-corrected chi connectivity index (χ4v) is 6.76. The molecule has 3 heteroatoms. The second-order valence-corrected chi connectivity index (χ2v) is 11.4. The third-order valence-corrected chi connectivity index (χ3v) is 8.84. The van der Waals surface area contributed by atoms with Crippen molar-refractivity contribution < 1.29 is 4.42 Å². The van der Waals surface area contributed by atoms with Crippen LogP contribution in [0.25, 0.3) is 60.5 Å². The average Bonchev–Trinajstić information content (AvgIpc) is 3.47. The maximum Gasteiger partial charge on any atom is 0.151 e. The Bertz CT molecular complexity index is 2380. The van der Waals surface area contributed by atoms with Crippen molar-refractivity contribution in [3.63, 3.8) is 0 Å². The van der Waals surface area contributed by atoms with Crippen LogP contribution in [0.2, 0.25) is 0 Å². The molecule has 1 aromatic heterocycles. The molecule has 44 heavy (non-hydrogen) atoms. The number of nitrogens with zero attached hydrogens (tertiary/aromatic N) is 1. The largest absolute Gasteiger partial charge is 0.454 e. The maximum atomic E-state index is 6.37. The molecular formula is C41H28N2O. The van der Waals surface area contributed by atoms with Crippen LogP contribution in [0.15, 0.2) is 150 Å². The number of nitrogens with one attached hydrogen (secondary N) is 1. The van der Waals surface area contributed by atoms with Crippen LogP contribution in [-0.2, 0) is 0 Å². The Labute approximate surface area is 255 Å². The van der Waals surface area contributed by atoms with E-state index < -0.39 is 0 Å². The first kappa shape index (κ1) is 24.8. The molecule has 3 nitrogen and oxygen atoms in total. The Hall–Kier alpha value is -5.80. The third kappa shape index (κ3) is 3.90. The fraction of sp³-hybridized carbons (Fsp3) is 0.0244. The first-order valence-corrected chi connectivity index (χ1v) is 15.1. The molecule has 8 aromatic rings. The number of furan rings is 1. The third-order valence-electron chi connectivity index (χ3n) is 8.84. The first-order chi connectivity index (χ1) is 21.8. The molecular weight excluding hydrogens is 536 g/mol. The standard InChI is InChI=1S/C41H28N2O/c1-2-9-27(10-3-1)28-16-19-30(20-17-28)43(31-21-23-36-40(25-31)44-39-15-8-24-42-41(36)39)38-26-37-32-12-5-4-11-29(32)18-22-34(37)33-13-6-7-14-35(33)38/h1-23,25-26,42H,24H2. The fourth-order valence-electron chi connectivity index (χ4n) is 6.76. The molecule has 0 aliphatic carbocycles. The monoisotopic (exact) mass is 564 g/mol. The van der Waals surface area contributed by atoms with Crippen molar-refractivity contribution in [3.05, 3.63) is 151 Å². The number of rotatable bonds is 4. The summed E-state index contributed by atoms with van der Waals surface area (Å²) in [6.07, 6.45) is 4.16. The zero-order valence-corrected chi connectivity index (χ0v) is 24.0. The van der Waals surface area contributed by atoms with Gasteiger partial charge in [0.05, 0.1) is 11.4 Å². The van der Waals surface area contributed by atoms with Gasteiger partial charge in [0.1, 0.15) is 5.58 Å². The van der Waals surface area contributed by atoms with Gasteiger partial charge in [0.25, 0.3) is 0 Å². The lowest BCUT2D eigenvalue weighted by atomic mass is 9.95. The van der Waals surface area contributed by atoms with Crippen molar-refractivity contribution in [2.75, 3.05) is 16.8 Å². The van der Waals surface area contributed by atoms with Crippen LogP contribution in [0.3, 0.4) is 0 Å². The molecule has 0 unspecified atom stereocenters. The smallest absolute Gasteiger partial charge is 0.151 e. The zero-order valence-electron chi connectivity index (χ0n) is 24.0. The van der Waals surface area contributed by atoms with Gasteiger partial charge in [0.15, 0.2) is 5.76 Å². The second-order valence-electron chi connectivity index (χ2n) is 11.4. The van der Waals surface area contributed by atoms with E-state index in [1.807, 2.05) is 0 Å². The second kappa shape index (κ2) is 9.89. The molecule has 0 saturated heterocycles. The van der Waals surface area contributed by atoms with Crippen molar-refractivity contribution >= 4 is 72.1 Å². The lowest BCUT2D eigenvalue weighted by Crippen LogP contribution is -2.10. The van der Waals surface area contributed by atoms with E-state index in [0.717, 1.165) is 46.0 Å². The molecule has 0 fully saturated rings. The minimum Gasteiger partial charge on any atom is -0.454 e. The van der Waals surface area contributed by atoms with E-state index in [2.05, 4.69) is 162 Å². The Morgan fingerprint density at radius 3 is 2.07 bits per heavy atom. The molecule has 0 atom stereocenters. The highest BCUT2D eigenvalue weighted by atomic mass is 16.3. The van der Waals surface area contributed by atoms with Gasteiger partial charge in [-0.2, -0.15) is 0 Å². The van der Waals surface area contributed by atoms with Gasteiger partial charge in [-0.3, -0.25) is 0 Å². The van der Waals surface area contributed by atoms with E-state index in [-0.39, 0.29) is 0 Å². The van der Waals surface area contributed by atoms with Crippen LogP contribution in [0.4, 0.5) is 22.7 Å². The predicted molar refractivity (Wildman–Crippen MR) is 186 cm³/mol.